The third-order valence-corrected chi connectivity index (χ3v) is 3.42. The topological polar surface area (TPSA) is 46.2 Å². The van der Waals surface area contributed by atoms with Gasteiger partial charge in [-0.1, -0.05) is 45.0 Å². The summed E-state index contributed by atoms with van der Waals surface area (Å²) in [6.45, 7) is 6.48. The lowest BCUT2D eigenvalue weighted by atomic mass is 9.84. The van der Waals surface area contributed by atoms with Gasteiger partial charge in [-0.25, -0.2) is 0 Å². The fourth-order valence-electron chi connectivity index (χ4n) is 2.23. The lowest BCUT2D eigenvalue weighted by Crippen LogP contribution is -2.39. The molecule has 1 aromatic carbocycles. The number of carbonyl (C=O) groups is 2. The van der Waals surface area contributed by atoms with Crippen molar-refractivity contribution in [3.05, 3.63) is 35.4 Å². The largest absolute Gasteiger partial charge is 0.296 e. The van der Waals surface area contributed by atoms with Crippen LogP contribution in [0.5, 0.6) is 0 Å². The Labute approximate surface area is 108 Å². The van der Waals surface area contributed by atoms with Crippen LogP contribution in [-0.4, -0.2) is 11.8 Å². The average molecular weight is 245 g/mol. The minimum atomic E-state index is -0.184. The normalized spacial score (nSPS) is 20.7. The molecule has 0 unspecified atom stereocenters. The Morgan fingerprint density at radius 2 is 1.72 bits per heavy atom. The van der Waals surface area contributed by atoms with E-state index in [9.17, 15) is 9.59 Å². The zero-order valence-electron chi connectivity index (χ0n) is 11.1. The van der Waals surface area contributed by atoms with Crippen LogP contribution < -0.4 is 5.32 Å². The second kappa shape index (κ2) is 4.56. The van der Waals surface area contributed by atoms with Crippen LogP contribution in [0.2, 0.25) is 0 Å². The molecule has 18 heavy (non-hydrogen) atoms. The highest BCUT2D eigenvalue weighted by Gasteiger charge is 2.28. The van der Waals surface area contributed by atoms with Crippen molar-refractivity contribution < 1.29 is 9.59 Å². The van der Waals surface area contributed by atoms with Crippen molar-refractivity contribution in [3.63, 3.8) is 0 Å². The van der Waals surface area contributed by atoms with Crippen molar-refractivity contribution in [2.75, 3.05) is 0 Å². The minimum Gasteiger partial charge on any atom is -0.296 e. The van der Waals surface area contributed by atoms with Gasteiger partial charge in [0.15, 0.2) is 0 Å². The molecule has 96 valence electrons. The van der Waals surface area contributed by atoms with Gasteiger partial charge in [0, 0.05) is 6.42 Å². The third kappa shape index (κ3) is 2.61. The first kappa shape index (κ1) is 12.8. The quantitative estimate of drug-likeness (QED) is 0.773. The van der Waals surface area contributed by atoms with E-state index in [1.807, 2.05) is 12.1 Å². The summed E-state index contributed by atoms with van der Waals surface area (Å²) in [5.74, 6) is -0.519. The Bertz CT molecular complexity index is 468. The average Bonchev–Trinajstić information content (AvgIpc) is 2.28. The maximum atomic E-state index is 11.8. The van der Waals surface area contributed by atoms with Crippen LogP contribution in [0.1, 0.15) is 50.7 Å². The van der Waals surface area contributed by atoms with E-state index in [1.165, 1.54) is 5.56 Å². The maximum absolute atomic E-state index is 11.8. The molecule has 0 radical (unpaired) electrons. The molecule has 1 saturated heterocycles. The van der Waals surface area contributed by atoms with Crippen molar-refractivity contribution in [1.29, 1.82) is 0 Å². The van der Waals surface area contributed by atoms with E-state index in [0.29, 0.717) is 12.8 Å². The molecule has 3 heteroatoms. The van der Waals surface area contributed by atoms with Crippen LogP contribution >= 0.6 is 0 Å². The van der Waals surface area contributed by atoms with Gasteiger partial charge in [-0.3, -0.25) is 14.9 Å². The van der Waals surface area contributed by atoms with E-state index in [1.54, 1.807) is 0 Å². The number of rotatable bonds is 1. The van der Waals surface area contributed by atoms with Gasteiger partial charge < -0.3 is 0 Å². The Morgan fingerprint density at radius 1 is 1.11 bits per heavy atom. The van der Waals surface area contributed by atoms with Crippen molar-refractivity contribution >= 4 is 11.8 Å². The van der Waals surface area contributed by atoms with Crippen LogP contribution in [0.4, 0.5) is 0 Å². The van der Waals surface area contributed by atoms with Crippen LogP contribution in [-0.2, 0) is 15.0 Å². The summed E-state index contributed by atoms with van der Waals surface area (Å²) < 4.78 is 0. The molecule has 1 heterocycles. The molecule has 1 aliphatic heterocycles. The van der Waals surface area contributed by atoms with Crippen LogP contribution in [0.15, 0.2) is 24.3 Å². The highest BCUT2D eigenvalue weighted by Crippen LogP contribution is 2.28. The lowest BCUT2D eigenvalue weighted by Gasteiger charge is -2.23. The Balaban J connectivity index is 2.20. The van der Waals surface area contributed by atoms with Crippen molar-refractivity contribution in [3.8, 4) is 0 Å². The fraction of sp³-hybridized carbons (Fsp3) is 0.467. The number of nitrogens with one attached hydrogen (secondary N) is 1. The second-order valence-electron chi connectivity index (χ2n) is 5.88. The molecule has 0 saturated carbocycles. The molecule has 1 fully saturated rings. The summed E-state index contributed by atoms with van der Waals surface area (Å²) >= 11 is 0. The standard InChI is InChI=1S/C15H19NO2/c1-15(2,3)11-6-4-10(5-7-11)12-8-9-13(17)16-14(12)18/h4-7,12H,8-9H2,1-3H3,(H,16,17,18)/t12-/m1/s1. The van der Waals surface area contributed by atoms with E-state index in [4.69, 9.17) is 0 Å². The van der Waals surface area contributed by atoms with E-state index < -0.39 is 0 Å². The molecule has 0 aliphatic carbocycles. The SMILES string of the molecule is CC(C)(C)c1ccc([C@H]2CCC(=O)NC2=O)cc1. The summed E-state index contributed by atoms with van der Waals surface area (Å²) in [5.41, 5.74) is 2.36. The van der Waals surface area contributed by atoms with Gasteiger partial charge in [0.1, 0.15) is 0 Å². The molecule has 2 amide bonds. The summed E-state index contributed by atoms with van der Waals surface area (Å²) in [5, 5.41) is 2.39. The van der Waals surface area contributed by atoms with E-state index >= 15 is 0 Å². The number of imide groups is 1. The Kier molecular flexibility index (Phi) is 3.24. The highest BCUT2D eigenvalue weighted by molar-refractivity contribution is 6.00. The second-order valence-corrected chi connectivity index (χ2v) is 5.88. The molecule has 1 aliphatic rings. The number of piperidine rings is 1. The zero-order valence-corrected chi connectivity index (χ0v) is 11.1. The van der Waals surface area contributed by atoms with Gasteiger partial charge in [0.05, 0.1) is 5.92 Å². The van der Waals surface area contributed by atoms with E-state index in [-0.39, 0.29) is 23.1 Å². The summed E-state index contributed by atoms with van der Waals surface area (Å²) in [7, 11) is 0. The highest BCUT2D eigenvalue weighted by atomic mass is 16.2. The molecule has 1 aromatic rings. The number of carbonyl (C=O) groups excluding carboxylic acids is 2. The lowest BCUT2D eigenvalue weighted by molar-refractivity contribution is -0.134. The van der Waals surface area contributed by atoms with Crippen molar-refractivity contribution in [2.45, 2.75) is 44.9 Å². The molecule has 0 spiro atoms. The monoisotopic (exact) mass is 245 g/mol. The molecule has 3 nitrogen and oxygen atoms in total. The summed E-state index contributed by atoms with van der Waals surface area (Å²) in [4.78, 5) is 22.9. The molecule has 1 N–H and O–H groups in total. The molecule has 0 bridgehead atoms. The Hall–Kier alpha value is -1.64. The summed E-state index contributed by atoms with van der Waals surface area (Å²) in [6.07, 6.45) is 1.04. The minimum absolute atomic E-state index is 0.114. The molecular formula is C15H19NO2. The van der Waals surface area contributed by atoms with Crippen molar-refractivity contribution in [2.24, 2.45) is 0 Å². The third-order valence-electron chi connectivity index (χ3n) is 3.42. The fourth-order valence-corrected chi connectivity index (χ4v) is 2.23. The summed E-state index contributed by atoms with van der Waals surface area (Å²) in [6, 6.07) is 8.14. The van der Waals surface area contributed by atoms with E-state index in [2.05, 4.69) is 38.2 Å². The first-order chi connectivity index (χ1) is 8.38. The van der Waals surface area contributed by atoms with E-state index in [0.717, 1.165) is 5.56 Å². The van der Waals surface area contributed by atoms with Crippen LogP contribution in [0, 0.1) is 0 Å². The molecule has 0 aromatic heterocycles. The number of hydrogen-bond donors (Lipinski definition) is 1. The van der Waals surface area contributed by atoms with Crippen LogP contribution in [0.3, 0.4) is 0 Å². The van der Waals surface area contributed by atoms with Gasteiger partial charge in [0.25, 0.3) is 0 Å². The molecular weight excluding hydrogens is 226 g/mol. The van der Waals surface area contributed by atoms with Gasteiger partial charge in [-0.15, -0.1) is 0 Å². The van der Waals surface area contributed by atoms with Gasteiger partial charge >= 0.3 is 0 Å². The maximum Gasteiger partial charge on any atom is 0.234 e. The van der Waals surface area contributed by atoms with Crippen molar-refractivity contribution in [1.82, 2.24) is 5.32 Å². The van der Waals surface area contributed by atoms with Gasteiger partial charge in [-0.2, -0.15) is 0 Å². The predicted molar refractivity (Wildman–Crippen MR) is 70.3 cm³/mol. The zero-order chi connectivity index (χ0) is 13.3. The number of benzene rings is 1. The Morgan fingerprint density at radius 3 is 2.22 bits per heavy atom. The van der Waals surface area contributed by atoms with Gasteiger partial charge in [-0.05, 0) is 23.0 Å². The van der Waals surface area contributed by atoms with Gasteiger partial charge in [0.2, 0.25) is 11.8 Å². The first-order valence-corrected chi connectivity index (χ1v) is 6.32. The number of hydrogen-bond acceptors (Lipinski definition) is 2. The molecule has 2 rings (SSSR count). The molecule has 1 atom stereocenters. The predicted octanol–water partition coefficient (Wildman–Crippen LogP) is 2.50. The van der Waals surface area contributed by atoms with Crippen LogP contribution in [0.25, 0.3) is 0 Å². The first-order valence-electron chi connectivity index (χ1n) is 6.32. The number of amides is 2. The smallest absolute Gasteiger partial charge is 0.234 e.